The predicted octanol–water partition coefficient (Wildman–Crippen LogP) is -0.125. The fourth-order valence-corrected chi connectivity index (χ4v) is 3.78. The summed E-state index contributed by atoms with van der Waals surface area (Å²) in [6.45, 7) is 4.29. The number of rotatable bonds is 4. The number of hydrogen-bond donors (Lipinski definition) is 0. The van der Waals surface area contributed by atoms with Crippen LogP contribution in [0.1, 0.15) is 16.8 Å². The Bertz CT molecular complexity index is 1140. The van der Waals surface area contributed by atoms with Crippen molar-refractivity contribution in [3.05, 3.63) is 51.3 Å². The van der Waals surface area contributed by atoms with Gasteiger partial charge >= 0.3 is 5.69 Å². The van der Waals surface area contributed by atoms with Gasteiger partial charge in [-0.25, -0.2) is 9.78 Å². The Morgan fingerprint density at radius 1 is 1.10 bits per heavy atom. The van der Waals surface area contributed by atoms with E-state index in [1.54, 1.807) is 24.0 Å². The average molecular weight is 400 g/mol. The summed E-state index contributed by atoms with van der Waals surface area (Å²) in [6, 6.07) is 1.68. The molecule has 0 aliphatic carbocycles. The highest BCUT2D eigenvalue weighted by molar-refractivity contribution is 5.93. The Morgan fingerprint density at radius 2 is 1.93 bits per heavy atom. The van der Waals surface area contributed by atoms with Crippen molar-refractivity contribution >= 4 is 17.1 Å². The molecule has 0 unspecified atom stereocenters. The molecular weight excluding hydrogens is 376 g/mol. The minimum atomic E-state index is -0.386. The summed E-state index contributed by atoms with van der Waals surface area (Å²) in [5.41, 5.74) is 0.674. The lowest BCUT2D eigenvalue weighted by Gasteiger charge is -2.21. The molecule has 29 heavy (non-hydrogen) atoms. The summed E-state index contributed by atoms with van der Waals surface area (Å²) in [6.07, 6.45) is 5.47. The lowest BCUT2D eigenvalue weighted by molar-refractivity contribution is 0.0760. The zero-order chi connectivity index (χ0) is 20.5. The number of imidazole rings is 1. The van der Waals surface area contributed by atoms with Gasteiger partial charge in [0.25, 0.3) is 11.5 Å². The van der Waals surface area contributed by atoms with Crippen LogP contribution in [0, 0.1) is 0 Å². The molecule has 0 aromatic carbocycles. The smallest absolute Gasteiger partial charge is 0.332 e. The molecule has 10 heteroatoms. The highest BCUT2D eigenvalue weighted by atomic mass is 16.3. The Hall–Kier alpha value is -3.14. The monoisotopic (exact) mass is 400 g/mol. The summed E-state index contributed by atoms with van der Waals surface area (Å²) in [5.74, 6) is -0.00869. The maximum Gasteiger partial charge on any atom is 0.332 e. The second kappa shape index (κ2) is 7.70. The first kappa shape index (κ1) is 19.2. The second-order valence-electron chi connectivity index (χ2n) is 7.32. The van der Waals surface area contributed by atoms with Crippen molar-refractivity contribution in [2.75, 3.05) is 32.7 Å². The van der Waals surface area contributed by atoms with E-state index >= 15 is 0 Å². The minimum Gasteiger partial charge on any atom is -0.472 e. The molecule has 0 saturated carbocycles. The first-order valence-electron chi connectivity index (χ1n) is 9.62. The molecule has 0 bridgehead atoms. The van der Waals surface area contributed by atoms with Crippen molar-refractivity contribution in [1.82, 2.24) is 28.5 Å². The SMILES string of the molecule is Cn1c(=O)c2c(ncn2CCN2CCCN(C(=O)c3ccoc3)CC2)n(C)c1=O. The molecule has 10 nitrogen and oxygen atoms in total. The van der Waals surface area contributed by atoms with Gasteiger partial charge in [0.1, 0.15) is 6.26 Å². The molecule has 4 heterocycles. The largest absolute Gasteiger partial charge is 0.472 e. The normalized spacial score (nSPS) is 15.7. The van der Waals surface area contributed by atoms with Gasteiger partial charge in [0, 0.05) is 46.8 Å². The maximum absolute atomic E-state index is 12.5. The molecule has 0 atom stereocenters. The highest BCUT2D eigenvalue weighted by Gasteiger charge is 2.21. The third-order valence-corrected chi connectivity index (χ3v) is 5.52. The van der Waals surface area contributed by atoms with Crippen molar-refractivity contribution in [3.63, 3.8) is 0 Å². The van der Waals surface area contributed by atoms with Crippen LogP contribution in [-0.4, -0.2) is 67.1 Å². The van der Waals surface area contributed by atoms with Gasteiger partial charge in [-0.2, -0.15) is 0 Å². The quantitative estimate of drug-likeness (QED) is 0.605. The van der Waals surface area contributed by atoms with Crippen molar-refractivity contribution in [1.29, 1.82) is 0 Å². The minimum absolute atomic E-state index is 0.00869. The van der Waals surface area contributed by atoms with Gasteiger partial charge in [-0.3, -0.25) is 23.6 Å². The molecule has 3 aromatic rings. The van der Waals surface area contributed by atoms with Gasteiger partial charge in [-0.05, 0) is 19.0 Å². The molecule has 3 aromatic heterocycles. The van der Waals surface area contributed by atoms with Gasteiger partial charge in [0.2, 0.25) is 0 Å². The van der Waals surface area contributed by atoms with E-state index in [-0.39, 0.29) is 17.2 Å². The van der Waals surface area contributed by atoms with Crippen LogP contribution in [0.3, 0.4) is 0 Å². The van der Waals surface area contributed by atoms with Crippen molar-refractivity contribution in [2.24, 2.45) is 14.1 Å². The van der Waals surface area contributed by atoms with Crippen LogP contribution in [0.25, 0.3) is 11.2 Å². The van der Waals surface area contributed by atoms with E-state index in [0.717, 1.165) is 30.6 Å². The fraction of sp³-hybridized carbons (Fsp3) is 0.474. The van der Waals surface area contributed by atoms with Crippen LogP contribution in [0.2, 0.25) is 0 Å². The Labute approximate surface area is 166 Å². The van der Waals surface area contributed by atoms with E-state index in [1.807, 2.05) is 4.90 Å². The van der Waals surface area contributed by atoms with Crippen LogP contribution < -0.4 is 11.2 Å². The van der Waals surface area contributed by atoms with Gasteiger partial charge in [0.15, 0.2) is 11.2 Å². The number of hydrogen-bond acceptors (Lipinski definition) is 6. The summed E-state index contributed by atoms with van der Waals surface area (Å²) >= 11 is 0. The molecule has 0 radical (unpaired) electrons. The molecule has 154 valence electrons. The molecule has 0 N–H and O–H groups in total. The Balaban J connectivity index is 1.44. The van der Waals surface area contributed by atoms with Crippen LogP contribution in [-0.2, 0) is 20.6 Å². The molecule has 1 aliphatic rings. The second-order valence-corrected chi connectivity index (χ2v) is 7.32. The molecule has 1 amide bonds. The third kappa shape index (κ3) is 3.51. The van der Waals surface area contributed by atoms with Gasteiger partial charge in [-0.15, -0.1) is 0 Å². The van der Waals surface area contributed by atoms with Gasteiger partial charge < -0.3 is 13.9 Å². The van der Waals surface area contributed by atoms with Gasteiger partial charge in [-0.1, -0.05) is 0 Å². The number of aromatic nitrogens is 4. The standard InChI is InChI=1S/C19H24N6O4/c1-21-16-15(18(27)22(2)19(21)28)25(13-20-16)10-8-23-5-3-6-24(9-7-23)17(26)14-4-11-29-12-14/h4,11-13H,3,5-10H2,1-2H3. The van der Waals surface area contributed by atoms with Crippen LogP contribution >= 0.6 is 0 Å². The lowest BCUT2D eigenvalue weighted by atomic mass is 10.3. The fourth-order valence-electron chi connectivity index (χ4n) is 3.78. The molecule has 1 aliphatic heterocycles. The zero-order valence-corrected chi connectivity index (χ0v) is 16.6. The van der Waals surface area contributed by atoms with E-state index in [4.69, 9.17) is 4.42 Å². The van der Waals surface area contributed by atoms with Crippen molar-refractivity contribution < 1.29 is 9.21 Å². The van der Waals surface area contributed by atoms with E-state index in [2.05, 4.69) is 9.88 Å². The first-order chi connectivity index (χ1) is 14.0. The first-order valence-corrected chi connectivity index (χ1v) is 9.62. The topological polar surface area (TPSA) is 98.5 Å². The summed E-state index contributed by atoms with van der Waals surface area (Å²) in [5, 5.41) is 0. The summed E-state index contributed by atoms with van der Waals surface area (Å²) in [7, 11) is 3.09. The van der Waals surface area contributed by atoms with Crippen molar-refractivity contribution in [3.8, 4) is 0 Å². The Kier molecular flexibility index (Phi) is 5.10. The van der Waals surface area contributed by atoms with Gasteiger partial charge in [0.05, 0.1) is 18.2 Å². The molecule has 4 rings (SSSR count). The number of furan rings is 1. The zero-order valence-electron chi connectivity index (χ0n) is 16.6. The number of aryl methyl sites for hydroxylation is 1. The number of amides is 1. The molecular formula is C19H24N6O4. The lowest BCUT2D eigenvalue weighted by Crippen LogP contribution is -2.38. The van der Waals surface area contributed by atoms with E-state index in [0.29, 0.717) is 36.4 Å². The van der Waals surface area contributed by atoms with Crippen LogP contribution in [0.4, 0.5) is 0 Å². The molecule has 0 spiro atoms. The summed E-state index contributed by atoms with van der Waals surface area (Å²) < 4.78 is 9.30. The number of carbonyl (C=O) groups is 1. The summed E-state index contributed by atoms with van der Waals surface area (Å²) in [4.78, 5) is 45.5. The maximum atomic E-state index is 12.5. The van der Waals surface area contributed by atoms with E-state index in [9.17, 15) is 14.4 Å². The molecule has 1 saturated heterocycles. The predicted molar refractivity (Wildman–Crippen MR) is 106 cm³/mol. The molecule has 1 fully saturated rings. The number of nitrogens with zero attached hydrogens (tertiary/aromatic N) is 6. The average Bonchev–Trinajstić information content (AvgIpc) is 3.35. The van der Waals surface area contributed by atoms with E-state index < -0.39 is 0 Å². The van der Waals surface area contributed by atoms with Crippen LogP contribution in [0.5, 0.6) is 0 Å². The van der Waals surface area contributed by atoms with Crippen LogP contribution in [0.15, 0.2) is 38.9 Å². The van der Waals surface area contributed by atoms with E-state index in [1.165, 1.54) is 24.1 Å². The third-order valence-electron chi connectivity index (χ3n) is 5.52. The highest BCUT2D eigenvalue weighted by Crippen LogP contribution is 2.11. The Morgan fingerprint density at radius 3 is 2.69 bits per heavy atom. The number of fused-ring (bicyclic) bond motifs is 1. The van der Waals surface area contributed by atoms with Crippen molar-refractivity contribution in [2.45, 2.75) is 13.0 Å². The number of carbonyl (C=O) groups excluding carboxylic acids is 1.